The van der Waals surface area contributed by atoms with Gasteiger partial charge < -0.3 is 5.11 Å². The van der Waals surface area contributed by atoms with Crippen LogP contribution in [0, 0.1) is 10.1 Å². The molecular weight excluding hydrogens is 130 g/mol. The van der Waals surface area contributed by atoms with E-state index in [9.17, 15) is 19.7 Å². The molecule has 0 bridgehead atoms. The Morgan fingerprint density at radius 1 is 1.78 bits per heavy atom. The zero-order valence-electron chi connectivity index (χ0n) is 4.18. The molecule has 9 heavy (non-hydrogen) atoms. The lowest BCUT2D eigenvalue weighted by Crippen LogP contribution is -2.30. The average Bonchev–Trinajstić information content (AvgIpc) is 1.64. The number of aldehydes is 1. The van der Waals surface area contributed by atoms with Crippen molar-refractivity contribution in [3.05, 3.63) is 10.1 Å². The molecule has 0 saturated carbocycles. The monoisotopic (exact) mass is 133 g/mol. The van der Waals surface area contributed by atoms with Crippen LogP contribution in [0.4, 0.5) is 0 Å². The highest BCUT2D eigenvalue weighted by atomic mass is 16.6. The van der Waals surface area contributed by atoms with Gasteiger partial charge in [0.25, 0.3) is 0 Å². The number of aliphatic carboxylic acids is 1. The molecule has 0 fully saturated rings. The molecule has 0 aromatic rings. The van der Waals surface area contributed by atoms with Crippen molar-refractivity contribution in [3.63, 3.8) is 0 Å². The molecular formula is C3H3NO5. The lowest BCUT2D eigenvalue weighted by molar-refractivity contribution is -0.493. The van der Waals surface area contributed by atoms with Crippen LogP contribution in [0.2, 0.25) is 0 Å². The van der Waals surface area contributed by atoms with E-state index in [4.69, 9.17) is 5.11 Å². The second kappa shape index (κ2) is 2.75. The molecule has 0 spiro atoms. The molecule has 0 rings (SSSR count). The minimum absolute atomic E-state index is 0.234. The number of nitro groups is 1. The average molecular weight is 133 g/mol. The van der Waals surface area contributed by atoms with Gasteiger partial charge in [0.15, 0.2) is 0 Å². The standard InChI is InChI=1S/C3H3NO5/c5-1-2(3(6)7)4(8)9/h1-2H,(H,6,7). The lowest BCUT2D eigenvalue weighted by atomic mass is 10.4. The molecule has 0 aromatic carbocycles. The van der Waals surface area contributed by atoms with Crippen LogP contribution in [0.5, 0.6) is 0 Å². The van der Waals surface area contributed by atoms with Crippen molar-refractivity contribution in [3.8, 4) is 0 Å². The minimum Gasteiger partial charge on any atom is -0.476 e. The molecule has 0 amide bonds. The first-order valence-corrected chi connectivity index (χ1v) is 1.91. The number of hydrogen-bond donors (Lipinski definition) is 1. The molecule has 0 radical (unpaired) electrons. The van der Waals surface area contributed by atoms with Crippen LogP contribution in [0.15, 0.2) is 0 Å². The molecule has 0 aliphatic rings. The molecule has 0 aliphatic carbocycles. The highest BCUT2D eigenvalue weighted by Crippen LogP contribution is 1.83. The Balaban J connectivity index is 4.16. The molecule has 0 heterocycles. The first-order valence-electron chi connectivity index (χ1n) is 1.91. The fourth-order valence-electron chi connectivity index (χ4n) is 0.198. The number of carbonyl (C=O) groups excluding carboxylic acids is 1. The summed E-state index contributed by atoms with van der Waals surface area (Å²) < 4.78 is 0. The van der Waals surface area contributed by atoms with Crippen LogP contribution in [0.25, 0.3) is 0 Å². The highest BCUT2D eigenvalue weighted by molar-refractivity contribution is 5.88. The fourth-order valence-corrected chi connectivity index (χ4v) is 0.198. The molecule has 0 saturated heterocycles. The molecule has 1 atom stereocenters. The summed E-state index contributed by atoms with van der Waals surface area (Å²) in [5, 5.41) is 17.4. The van der Waals surface area contributed by atoms with Crippen molar-refractivity contribution in [1.82, 2.24) is 0 Å². The van der Waals surface area contributed by atoms with E-state index in [2.05, 4.69) is 0 Å². The lowest BCUT2D eigenvalue weighted by Gasteiger charge is -1.91. The molecule has 0 aliphatic heterocycles. The van der Waals surface area contributed by atoms with Gasteiger partial charge in [-0.15, -0.1) is 0 Å². The Morgan fingerprint density at radius 3 is 2.22 bits per heavy atom. The Hall–Kier alpha value is -1.46. The van der Waals surface area contributed by atoms with Gasteiger partial charge in [0, 0.05) is 4.92 Å². The third-order valence-corrected chi connectivity index (χ3v) is 0.609. The summed E-state index contributed by atoms with van der Waals surface area (Å²) in [6, 6.07) is -2.12. The first-order chi connectivity index (χ1) is 4.09. The molecule has 6 nitrogen and oxygen atoms in total. The summed E-state index contributed by atoms with van der Waals surface area (Å²) in [6.45, 7) is 0. The van der Waals surface area contributed by atoms with Gasteiger partial charge in [0.05, 0.1) is 0 Å². The van der Waals surface area contributed by atoms with Crippen LogP contribution >= 0.6 is 0 Å². The van der Waals surface area contributed by atoms with Crippen molar-refractivity contribution < 1.29 is 19.6 Å². The van der Waals surface area contributed by atoms with E-state index >= 15 is 0 Å². The topological polar surface area (TPSA) is 97.5 Å². The van der Waals surface area contributed by atoms with Gasteiger partial charge in [-0.2, -0.15) is 0 Å². The summed E-state index contributed by atoms with van der Waals surface area (Å²) in [4.78, 5) is 27.7. The van der Waals surface area contributed by atoms with E-state index < -0.39 is 16.9 Å². The summed E-state index contributed by atoms with van der Waals surface area (Å²) in [5.74, 6) is -1.74. The van der Waals surface area contributed by atoms with Crippen molar-refractivity contribution in [2.75, 3.05) is 0 Å². The van der Waals surface area contributed by atoms with Crippen molar-refractivity contribution in [2.24, 2.45) is 0 Å². The molecule has 50 valence electrons. The Kier molecular flexibility index (Phi) is 2.31. The van der Waals surface area contributed by atoms with Crippen LogP contribution in [0.3, 0.4) is 0 Å². The van der Waals surface area contributed by atoms with Gasteiger partial charge in [0.1, 0.15) is 0 Å². The maximum atomic E-state index is 9.70. The third kappa shape index (κ3) is 1.85. The second-order valence-corrected chi connectivity index (χ2v) is 1.20. The number of carboxylic acids is 1. The summed E-state index contributed by atoms with van der Waals surface area (Å²) in [7, 11) is 0. The molecule has 1 N–H and O–H groups in total. The molecule has 0 aromatic heterocycles. The van der Waals surface area contributed by atoms with Gasteiger partial charge in [-0.05, 0) is 0 Å². The smallest absolute Gasteiger partial charge is 0.387 e. The predicted octanol–water partition coefficient (Wildman–Crippen LogP) is -1.08. The van der Waals surface area contributed by atoms with Crippen molar-refractivity contribution in [1.29, 1.82) is 0 Å². The number of carboxylic acid groups (broad SMARTS) is 1. The van der Waals surface area contributed by atoms with Crippen molar-refractivity contribution >= 4 is 12.3 Å². The van der Waals surface area contributed by atoms with Gasteiger partial charge >= 0.3 is 12.0 Å². The molecule has 6 heteroatoms. The fraction of sp³-hybridized carbons (Fsp3) is 0.333. The van der Waals surface area contributed by atoms with Crippen LogP contribution in [-0.4, -0.2) is 28.3 Å². The quantitative estimate of drug-likeness (QED) is 0.228. The van der Waals surface area contributed by atoms with E-state index in [1.807, 2.05) is 0 Å². The maximum absolute atomic E-state index is 9.70. The predicted molar refractivity (Wildman–Crippen MR) is 24.5 cm³/mol. The summed E-state index contributed by atoms with van der Waals surface area (Å²) >= 11 is 0. The SMILES string of the molecule is O=CC(C(=O)O)[N+](=O)[O-]. The Labute approximate surface area is 49.2 Å². The van der Waals surface area contributed by atoms with Crippen LogP contribution in [-0.2, 0) is 9.59 Å². The zero-order chi connectivity index (χ0) is 7.44. The van der Waals surface area contributed by atoms with Crippen LogP contribution < -0.4 is 0 Å². The van der Waals surface area contributed by atoms with E-state index in [1.54, 1.807) is 0 Å². The zero-order valence-corrected chi connectivity index (χ0v) is 4.18. The van der Waals surface area contributed by atoms with Gasteiger partial charge in [0.2, 0.25) is 6.29 Å². The number of rotatable bonds is 3. The minimum atomic E-state index is -2.12. The first kappa shape index (κ1) is 7.54. The number of carbonyl (C=O) groups is 2. The van der Waals surface area contributed by atoms with E-state index in [0.717, 1.165) is 0 Å². The van der Waals surface area contributed by atoms with E-state index in [0.29, 0.717) is 0 Å². The highest BCUT2D eigenvalue weighted by Gasteiger charge is 2.27. The Morgan fingerprint density at radius 2 is 2.22 bits per heavy atom. The van der Waals surface area contributed by atoms with Gasteiger partial charge in [-0.1, -0.05) is 0 Å². The van der Waals surface area contributed by atoms with Crippen molar-refractivity contribution in [2.45, 2.75) is 6.04 Å². The largest absolute Gasteiger partial charge is 0.476 e. The number of hydrogen-bond acceptors (Lipinski definition) is 4. The Bertz CT molecular complexity index is 138. The molecule has 1 unspecified atom stereocenters. The van der Waals surface area contributed by atoms with E-state index in [-0.39, 0.29) is 6.29 Å². The normalized spacial score (nSPS) is 12.0. The summed E-state index contributed by atoms with van der Waals surface area (Å²) in [5.41, 5.74) is 0. The maximum Gasteiger partial charge on any atom is 0.387 e. The van der Waals surface area contributed by atoms with Crippen LogP contribution in [0.1, 0.15) is 0 Å². The van der Waals surface area contributed by atoms with Gasteiger partial charge in [-0.3, -0.25) is 14.9 Å². The number of nitrogens with zero attached hydrogens (tertiary/aromatic N) is 1. The summed E-state index contributed by atoms with van der Waals surface area (Å²) in [6.07, 6.45) is -0.234. The third-order valence-electron chi connectivity index (χ3n) is 0.609. The van der Waals surface area contributed by atoms with E-state index in [1.165, 1.54) is 0 Å². The van der Waals surface area contributed by atoms with Gasteiger partial charge in [-0.25, -0.2) is 4.79 Å². The second-order valence-electron chi connectivity index (χ2n) is 1.20.